The quantitative estimate of drug-likeness (QED) is 0.774. The molecule has 0 unspecified atom stereocenters. The number of benzene rings is 1. The van der Waals surface area contributed by atoms with Crippen molar-refractivity contribution >= 4 is 23.2 Å². The van der Waals surface area contributed by atoms with Gasteiger partial charge in [-0.05, 0) is 19.1 Å². The van der Waals surface area contributed by atoms with E-state index in [4.69, 9.17) is 11.6 Å². The fourth-order valence-corrected chi connectivity index (χ4v) is 1.33. The molecule has 1 aromatic rings. The molecule has 4 heteroatoms. The van der Waals surface area contributed by atoms with Crippen LogP contribution in [0.2, 0.25) is 5.02 Å². The van der Waals surface area contributed by atoms with Crippen LogP contribution in [0.1, 0.15) is 6.92 Å². The van der Waals surface area contributed by atoms with Crippen molar-refractivity contribution in [3.05, 3.63) is 41.4 Å². The van der Waals surface area contributed by atoms with E-state index in [9.17, 15) is 4.79 Å². The third kappa shape index (κ3) is 4.47. The van der Waals surface area contributed by atoms with Gasteiger partial charge in [0, 0.05) is 6.54 Å². The molecule has 1 amide bonds. The van der Waals surface area contributed by atoms with Crippen LogP contribution in [0.4, 0.5) is 5.69 Å². The van der Waals surface area contributed by atoms with Gasteiger partial charge in [0.2, 0.25) is 5.91 Å². The van der Waals surface area contributed by atoms with Gasteiger partial charge >= 0.3 is 0 Å². The highest BCUT2D eigenvalue weighted by Gasteiger charge is 2.04. The average molecular weight is 239 g/mol. The summed E-state index contributed by atoms with van der Waals surface area (Å²) in [6, 6.07) is 7.14. The maximum atomic E-state index is 11.5. The second-order valence-corrected chi connectivity index (χ2v) is 4.00. The molecule has 2 N–H and O–H groups in total. The number of halogens is 1. The first-order valence-corrected chi connectivity index (χ1v) is 5.37. The predicted molar refractivity (Wildman–Crippen MR) is 67.8 cm³/mol. The van der Waals surface area contributed by atoms with Crippen LogP contribution in [0, 0.1) is 0 Å². The van der Waals surface area contributed by atoms with Gasteiger partial charge in [0.25, 0.3) is 0 Å². The third-order valence-electron chi connectivity index (χ3n) is 1.86. The summed E-state index contributed by atoms with van der Waals surface area (Å²) in [6.45, 7) is 6.52. The Kier molecular flexibility index (Phi) is 5.02. The number of para-hydroxylation sites is 1. The molecule has 0 aliphatic rings. The summed E-state index contributed by atoms with van der Waals surface area (Å²) in [5.41, 5.74) is 1.62. The zero-order valence-corrected chi connectivity index (χ0v) is 9.97. The topological polar surface area (TPSA) is 41.1 Å². The molecule has 16 heavy (non-hydrogen) atoms. The van der Waals surface area contributed by atoms with Crippen molar-refractivity contribution in [2.24, 2.45) is 0 Å². The van der Waals surface area contributed by atoms with Gasteiger partial charge in [-0.15, -0.1) is 0 Å². The Morgan fingerprint density at radius 3 is 2.69 bits per heavy atom. The standard InChI is InChI=1S/C12H15ClN2O/c1-9(2)7-14-8-12(16)15-11-6-4-3-5-10(11)13/h3-6,14H,1,7-8H2,2H3,(H,15,16). The summed E-state index contributed by atoms with van der Waals surface area (Å²) < 4.78 is 0. The van der Waals surface area contributed by atoms with Crippen molar-refractivity contribution in [2.45, 2.75) is 6.92 Å². The van der Waals surface area contributed by atoms with E-state index in [1.165, 1.54) is 0 Å². The van der Waals surface area contributed by atoms with Crippen LogP contribution in [-0.2, 0) is 4.79 Å². The first kappa shape index (κ1) is 12.7. The van der Waals surface area contributed by atoms with E-state index in [1.807, 2.05) is 19.1 Å². The van der Waals surface area contributed by atoms with Crippen LogP contribution in [0.25, 0.3) is 0 Å². The normalized spacial score (nSPS) is 9.88. The lowest BCUT2D eigenvalue weighted by Crippen LogP contribution is -2.29. The van der Waals surface area contributed by atoms with E-state index in [1.54, 1.807) is 12.1 Å². The maximum absolute atomic E-state index is 11.5. The first-order chi connectivity index (χ1) is 7.59. The highest BCUT2D eigenvalue weighted by Crippen LogP contribution is 2.19. The number of hydrogen-bond acceptors (Lipinski definition) is 2. The molecular formula is C12H15ClN2O. The average Bonchev–Trinajstić information content (AvgIpc) is 2.21. The number of anilines is 1. The van der Waals surface area contributed by atoms with Crippen LogP contribution in [0.5, 0.6) is 0 Å². The fraction of sp³-hybridized carbons (Fsp3) is 0.250. The Bertz CT molecular complexity index is 390. The molecule has 0 radical (unpaired) electrons. The Morgan fingerprint density at radius 2 is 2.06 bits per heavy atom. The van der Waals surface area contributed by atoms with Crippen LogP contribution in [-0.4, -0.2) is 19.0 Å². The molecular weight excluding hydrogens is 224 g/mol. The first-order valence-electron chi connectivity index (χ1n) is 4.99. The summed E-state index contributed by atoms with van der Waals surface area (Å²) in [5.74, 6) is -0.116. The van der Waals surface area contributed by atoms with Crippen molar-refractivity contribution in [1.82, 2.24) is 5.32 Å². The van der Waals surface area contributed by atoms with Crippen molar-refractivity contribution in [3.63, 3.8) is 0 Å². The zero-order chi connectivity index (χ0) is 12.0. The van der Waals surface area contributed by atoms with Gasteiger partial charge in [-0.3, -0.25) is 4.79 Å². The lowest BCUT2D eigenvalue weighted by Gasteiger charge is -2.07. The Labute approximate surface area is 100 Å². The molecule has 0 bridgehead atoms. The number of carbonyl (C=O) groups is 1. The molecule has 1 aromatic carbocycles. The number of hydrogen-bond donors (Lipinski definition) is 2. The molecule has 0 spiro atoms. The predicted octanol–water partition coefficient (Wildman–Crippen LogP) is 2.44. The number of nitrogens with one attached hydrogen (secondary N) is 2. The van der Waals surface area contributed by atoms with E-state index in [2.05, 4.69) is 17.2 Å². The van der Waals surface area contributed by atoms with Crippen molar-refractivity contribution in [2.75, 3.05) is 18.4 Å². The molecule has 0 atom stereocenters. The summed E-state index contributed by atoms with van der Waals surface area (Å²) in [6.07, 6.45) is 0. The lowest BCUT2D eigenvalue weighted by atomic mass is 10.3. The zero-order valence-electron chi connectivity index (χ0n) is 9.22. The minimum absolute atomic E-state index is 0.116. The lowest BCUT2D eigenvalue weighted by molar-refractivity contribution is -0.115. The number of carbonyl (C=O) groups excluding carboxylic acids is 1. The van der Waals surface area contributed by atoms with Crippen LogP contribution >= 0.6 is 11.6 Å². The molecule has 0 saturated heterocycles. The molecule has 0 fully saturated rings. The van der Waals surface area contributed by atoms with Crippen molar-refractivity contribution < 1.29 is 4.79 Å². The van der Waals surface area contributed by atoms with E-state index in [0.29, 0.717) is 17.3 Å². The van der Waals surface area contributed by atoms with Gasteiger partial charge in [0.15, 0.2) is 0 Å². The Balaban J connectivity index is 2.40. The Morgan fingerprint density at radius 1 is 1.38 bits per heavy atom. The molecule has 86 valence electrons. The van der Waals surface area contributed by atoms with Gasteiger partial charge in [-0.2, -0.15) is 0 Å². The highest BCUT2D eigenvalue weighted by atomic mass is 35.5. The number of amides is 1. The van der Waals surface area contributed by atoms with Gasteiger partial charge < -0.3 is 10.6 Å². The number of rotatable bonds is 5. The van der Waals surface area contributed by atoms with Gasteiger partial charge in [-0.25, -0.2) is 0 Å². The van der Waals surface area contributed by atoms with Crippen molar-refractivity contribution in [1.29, 1.82) is 0 Å². The molecule has 0 saturated carbocycles. The summed E-state index contributed by atoms with van der Waals surface area (Å²) >= 11 is 5.90. The van der Waals surface area contributed by atoms with Crippen molar-refractivity contribution in [3.8, 4) is 0 Å². The molecule has 3 nitrogen and oxygen atoms in total. The van der Waals surface area contributed by atoms with E-state index in [0.717, 1.165) is 5.57 Å². The molecule has 0 aliphatic heterocycles. The molecule has 1 rings (SSSR count). The highest BCUT2D eigenvalue weighted by molar-refractivity contribution is 6.33. The van der Waals surface area contributed by atoms with Crippen LogP contribution in [0.15, 0.2) is 36.4 Å². The largest absolute Gasteiger partial charge is 0.324 e. The van der Waals surface area contributed by atoms with E-state index >= 15 is 0 Å². The third-order valence-corrected chi connectivity index (χ3v) is 2.19. The van der Waals surface area contributed by atoms with Gasteiger partial charge in [0.05, 0.1) is 17.3 Å². The minimum Gasteiger partial charge on any atom is -0.324 e. The summed E-state index contributed by atoms with van der Waals surface area (Å²) in [7, 11) is 0. The minimum atomic E-state index is -0.116. The van der Waals surface area contributed by atoms with Crippen LogP contribution in [0.3, 0.4) is 0 Å². The molecule has 0 aliphatic carbocycles. The second-order valence-electron chi connectivity index (χ2n) is 3.59. The van der Waals surface area contributed by atoms with Gasteiger partial charge in [0.1, 0.15) is 0 Å². The van der Waals surface area contributed by atoms with E-state index in [-0.39, 0.29) is 12.5 Å². The summed E-state index contributed by atoms with van der Waals surface area (Å²) in [5, 5.41) is 6.23. The SMILES string of the molecule is C=C(C)CNCC(=O)Nc1ccccc1Cl. The maximum Gasteiger partial charge on any atom is 0.238 e. The van der Waals surface area contributed by atoms with E-state index < -0.39 is 0 Å². The fourth-order valence-electron chi connectivity index (χ4n) is 1.15. The molecule has 0 aromatic heterocycles. The monoisotopic (exact) mass is 238 g/mol. The molecule has 0 heterocycles. The summed E-state index contributed by atoms with van der Waals surface area (Å²) in [4.78, 5) is 11.5. The Hall–Kier alpha value is -1.32. The van der Waals surface area contributed by atoms with Crippen LogP contribution < -0.4 is 10.6 Å². The smallest absolute Gasteiger partial charge is 0.238 e. The van der Waals surface area contributed by atoms with Gasteiger partial charge in [-0.1, -0.05) is 35.9 Å². The second kappa shape index (κ2) is 6.30.